The Morgan fingerprint density at radius 1 is 1.33 bits per heavy atom. The zero-order valence-electron chi connectivity index (χ0n) is 13.1. The first-order chi connectivity index (χ1) is 10.1. The number of benzene rings is 1. The molecule has 21 heavy (non-hydrogen) atoms. The normalized spacial score (nSPS) is 18.0. The minimum Gasteiger partial charge on any atom is -0.496 e. The van der Waals surface area contributed by atoms with Crippen molar-refractivity contribution in [3.63, 3.8) is 0 Å². The van der Waals surface area contributed by atoms with Crippen LogP contribution in [0.2, 0.25) is 0 Å². The lowest BCUT2D eigenvalue weighted by Crippen LogP contribution is -2.35. The molecule has 1 unspecified atom stereocenters. The third-order valence-corrected chi connectivity index (χ3v) is 4.59. The first kappa shape index (κ1) is 16.2. The molecule has 1 aromatic rings. The molecule has 118 valence electrons. The number of hydrogen-bond donors (Lipinski definition) is 1. The van der Waals surface area contributed by atoms with E-state index in [-0.39, 0.29) is 11.9 Å². The van der Waals surface area contributed by atoms with E-state index in [2.05, 4.69) is 11.9 Å². The fourth-order valence-electron chi connectivity index (χ4n) is 3.25. The van der Waals surface area contributed by atoms with E-state index in [9.17, 15) is 4.39 Å². The number of rotatable bonds is 6. The summed E-state index contributed by atoms with van der Waals surface area (Å²) in [5.41, 5.74) is 6.70. The topological polar surface area (TPSA) is 38.5 Å². The van der Waals surface area contributed by atoms with Crippen LogP contribution < -0.4 is 10.5 Å². The van der Waals surface area contributed by atoms with Crippen LogP contribution in [0.1, 0.15) is 50.1 Å². The van der Waals surface area contributed by atoms with Gasteiger partial charge in [0.2, 0.25) is 0 Å². The van der Waals surface area contributed by atoms with E-state index in [1.165, 1.54) is 38.2 Å². The van der Waals surface area contributed by atoms with Crippen molar-refractivity contribution in [2.75, 3.05) is 20.7 Å². The number of ether oxygens (including phenoxy) is 1. The van der Waals surface area contributed by atoms with Gasteiger partial charge in [-0.2, -0.15) is 0 Å². The molecule has 0 aromatic heterocycles. The van der Waals surface area contributed by atoms with Gasteiger partial charge in [0, 0.05) is 17.6 Å². The fraction of sp³-hybridized carbons (Fsp3) is 0.647. The van der Waals surface area contributed by atoms with Crippen molar-refractivity contribution in [3.05, 3.63) is 29.6 Å². The predicted molar refractivity (Wildman–Crippen MR) is 84.0 cm³/mol. The third kappa shape index (κ3) is 4.17. The smallest absolute Gasteiger partial charge is 0.131 e. The van der Waals surface area contributed by atoms with E-state index in [4.69, 9.17) is 10.5 Å². The second kappa shape index (κ2) is 7.76. The van der Waals surface area contributed by atoms with Crippen molar-refractivity contribution in [1.29, 1.82) is 0 Å². The number of nitrogens with zero attached hydrogens (tertiary/aromatic N) is 1. The summed E-state index contributed by atoms with van der Waals surface area (Å²) in [5, 5.41) is 0. The number of methoxy groups -OCH3 is 1. The summed E-state index contributed by atoms with van der Waals surface area (Å²) in [4.78, 5) is 2.38. The van der Waals surface area contributed by atoms with Crippen molar-refractivity contribution in [2.45, 2.75) is 50.6 Å². The monoisotopic (exact) mass is 294 g/mol. The lowest BCUT2D eigenvalue weighted by Gasteiger charge is -2.32. The third-order valence-electron chi connectivity index (χ3n) is 4.59. The Balaban J connectivity index is 1.93. The highest BCUT2D eigenvalue weighted by Gasteiger charge is 2.21. The average Bonchev–Trinajstić information content (AvgIpc) is 2.52. The van der Waals surface area contributed by atoms with Gasteiger partial charge in [0.1, 0.15) is 11.6 Å². The van der Waals surface area contributed by atoms with E-state index in [0.29, 0.717) is 17.4 Å². The Bertz CT molecular complexity index is 446. The van der Waals surface area contributed by atoms with E-state index >= 15 is 0 Å². The lowest BCUT2D eigenvalue weighted by molar-refractivity contribution is 0.186. The van der Waals surface area contributed by atoms with Crippen LogP contribution >= 0.6 is 0 Å². The molecule has 0 amide bonds. The molecule has 3 nitrogen and oxygen atoms in total. The summed E-state index contributed by atoms with van der Waals surface area (Å²) in [6.07, 6.45) is 7.29. The summed E-state index contributed by atoms with van der Waals surface area (Å²) < 4.78 is 19.2. The van der Waals surface area contributed by atoms with Crippen molar-refractivity contribution in [1.82, 2.24) is 4.90 Å². The van der Waals surface area contributed by atoms with Crippen molar-refractivity contribution < 1.29 is 9.13 Å². The van der Waals surface area contributed by atoms with E-state index in [0.717, 1.165) is 13.0 Å². The Morgan fingerprint density at radius 2 is 2.05 bits per heavy atom. The Kier molecular flexibility index (Phi) is 6.00. The summed E-state index contributed by atoms with van der Waals surface area (Å²) in [7, 11) is 3.71. The SMILES string of the molecule is COc1cccc(F)c1C(N)CCN(C)C1CCCCC1. The average molecular weight is 294 g/mol. The van der Waals surface area contributed by atoms with E-state index in [1.807, 2.05) is 0 Å². The minimum absolute atomic E-state index is 0.276. The number of hydrogen-bond acceptors (Lipinski definition) is 3. The largest absolute Gasteiger partial charge is 0.496 e. The Labute approximate surface area is 127 Å². The number of halogens is 1. The van der Waals surface area contributed by atoms with Crippen LogP contribution in [0.4, 0.5) is 4.39 Å². The minimum atomic E-state index is -0.327. The van der Waals surface area contributed by atoms with Gasteiger partial charge in [-0.25, -0.2) is 4.39 Å². The van der Waals surface area contributed by atoms with Gasteiger partial charge < -0.3 is 15.4 Å². The molecule has 2 rings (SSSR count). The molecule has 2 N–H and O–H groups in total. The maximum absolute atomic E-state index is 14.0. The maximum Gasteiger partial charge on any atom is 0.131 e. The summed E-state index contributed by atoms with van der Waals surface area (Å²) in [6.45, 7) is 0.892. The summed E-state index contributed by atoms with van der Waals surface area (Å²) in [5.74, 6) is 0.269. The van der Waals surface area contributed by atoms with Gasteiger partial charge >= 0.3 is 0 Å². The summed E-state index contributed by atoms with van der Waals surface area (Å²) >= 11 is 0. The predicted octanol–water partition coefficient (Wildman–Crippen LogP) is 3.49. The lowest BCUT2D eigenvalue weighted by atomic mass is 9.94. The molecule has 0 saturated heterocycles. The van der Waals surface area contributed by atoms with Crippen molar-refractivity contribution in [3.8, 4) is 5.75 Å². The molecule has 1 aliphatic rings. The molecule has 1 aromatic carbocycles. The fourth-order valence-corrected chi connectivity index (χ4v) is 3.25. The van der Waals surface area contributed by atoms with Crippen LogP contribution in [0.25, 0.3) is 0 Å². The van der Waals surface area contributed by atoms with Crippen LogP contribution in [0, 0.1) is 5.82 Å². The van der Waals surface area contributed by atoms with Gasteiger partial charge in [-0.15, -0.1) is 0 Å². The molecule has 0 aliphatic heterocycles. The molecule has 4 heteroatoms. The first-order valence-corrected chi connectivity index (χ1v) is 7.91. The van der Waals surface area contributed by atoms with Gasteiger partial charge in [0.15, 0.2) is 0 Å². The van der Waals surface area contributed by atoms with Crippen LogP contribution in [0.5, 0.6) is 5.75 Å². The molecule has 1 fully saturated rings. The Hall–Kier alpha value is -1.13. The van der Waals surface area contributed by atoms with Crippen LogP contribution in [-0.2, 0) is 0 Å². The van der Waals surface area contributed by atoms with E-state index < -0.39 is 0 Å². The number of nitrogens with two attached hydrogens (primary N) is 1. The van der Waals surface area contributed by atoms with Crippen LogP contribution in [0.3, 0.4) is 0 Å². The highest BCUT2D eigenvalue weighted by molar-refractivity contribution is 5.37. The van der Waals surface area contributed by atoms with Gasteiger partial charge in [-0.1, -0.05) is 25.3 Å². The molecular weight excluding hydrogens is 267 g/mol. The molecule has 0 spiro atoms. The molecule has 1 aliphatic carbocycles. The van der Waals surface area contributed by atoms with E-state index in [1.54, 1.807) is 19.2 Å². The van der Waals surface area contributed by atoms with Gasteiger partial charge in [0.25, 0.3) is 0 Å². The molecule has 0 heterocycles. The maximum atomic E-state index is 14.0. The zero-order valence-corrected chi connectivity index (χ0v) is 13.1. The second-order valence-electron chi connectivity index (χ2n) is 6.02. The molecule has 1 atom stereocenters. The van der Waals surface area contributed by atoms with Gasteiger partial charge in [-0.3, -0.25) is 0 Å². The highest BCUT2D eigenvalue weighted by Crippen LogP contribution is 2.29. The summed E-state index contributed by atoms with van der Waals surface area (Å²) in [6, 6.07) is 5.20. The molecule has 1 saturated carbocycles. The molecular formula is C17H27FN2O. The van der Waals surface area contributed by atoms with Crippen molar-refractivity contribution >= 4 is 0 Å². The van der Waals surface area contributed by atoms with Gasteiger partial charge in [0.05, 0.1) is 7.11 Å². The second-order valence-corrected chi connectivity index (χ2v) is 6.02. The molecule has 0 bridgehead atoms. The Morgan fingerprint density at radius 3 is 2.71 bits per heavy atom. The molecule has 0 radical (unpaired) electrons. The van der Waals surface area contributed by atoms with Gasteiger partial charge in [-0.05, 0) is 45.0 Å². The zero-order chi connectivity index (χ0) is 15.2. The van der Waals surface area contributed by atoms with Crippen LogP contribution in [0.15, 0.2) is 18.2 Å². The highest BCUT2D eigenvalue weighted by atomic mass is 19.1. The quantitative estimate of drug-likeness (QED) is 0.873. The first-order valence-electron chi connectivity index (χ1n) is 7.91. The van der Waals surface area contributed by atoms with Crippen LogP contribution in [-0.4, -0.2) is 31.6 Å². The standard InChI is InChI=1S/C17H27FN2O/c1-20(13-7-4-3-5-8-13)12-11-15(19)17-14(18)9-6-10-16(17)21-2/h6,9-10,13,15H,3-5,7-8,11-12,19H2,1-2H3. The van der Waals surface area contributed by atoms with Crippen molar-refractivity contribution in [2.24, 2.45) is 5.73 Å².